The number of nitrogens with one attached hydrogen (secondary N) is 1. The second kappa shape index (κ2) is 6.26. The summed E-state index contributed by atoms with van der Waals surface area (Å²) in [7, 11) is 3.12. The average molecular weight is 286 g/mol. The van der Waals surface area contributed by atoms with E-state index >= 15 is 0 Å². The highest BCUT2D eigenvalue weighted by atomic mass is 16.5. The Hall–Kier alpha value is -2.56. The highest BCUT2D eigenvalue weighted by molar-refractivity contribution is 6.03. The normalized spacial score (nSPS) is 10.1. The molecule has 0 aliphatic rings. The first kappa shape index (κ1) is 14.8. The van der Waals surface area contributed by atoms with Crippen LogP contribution in [0.4, 0.5) is 5.69 Å². The first-order chi connectivity index (χ1) is 10.0. The zero-order valence-electron chi connectivity index (χ0n) is 12.6. The van der Waals surface area contributed by atoms with E-state index in [0.717, 1.165) is 11.3 Å². The maximum Gasteiger partial charge on any atom is 0.274 e. The van der Waals surface area contributed by atoms with Crippen LogP contribution in [0.25, 0.3) is 0 Å². The lowest BCUT2D eigenvalue weighted by Gasteiger charge is -2.10. The van der Waals surface area contributed by atoms with Crippen molar-refractivity contribution in [3.05, 3.63) is 47.3 Å². The first-order valence-electron chi connectivity index (χ1n) is 6.52. The third kappa shape index (κ3) is 3.51. The maximum atomic E-state index is 12.2. The number of rotatable bonds is 4. The number of amides is 1. The van der Waals surface area contributed by atoms with Gasteiger partial charge in [0.15, 0.2) is 11.5 Å². The SMILES string of the molecule is COc1ccc(NC(=O)c2cc(C)cc(C)n2)cc1OC. The monoisotopic (exact) mass is 286 g/mol. The molecular weight excluding hydrogens is 268 g/mol. The summed E-state index contributed by atoms with van der Waals surface area (Å²) >= 11 is 0. The van der Waals surface area contributed by atoms with Gasteiger partial charge in [0.2, 0.25) is 0 Å². The molecule has 0 saturated carbocycles. The summed E-state index contributed by atoms with van der Waals surface area (Å²) in [6.07, 6.45) is 0. The van der Waals surface area contributed by atoms with Gasteiger partial charge in [0, 0.05) is 17.4 Å². The van der Waals surface area contributed by atoms with Gasteiger partial charge in [-0.1, -0.05) is 0 Å². The van der Waals surface area contributed by atoms with Crippen molar-refractivity contribution in [3.8, 4) is 11.5 Å². The fourth-order valence-electron chi connectivity index (χ4n) is 2.07. The molecule has 0 aliphatic heterocycles. The van der Waals surface area contributed by atoms with Gasteiger partial charge in [0.05, 0.1) is 14.2 Å². The van der Waals surface area contributed by atoms with Crippen molar-refractivity contribution in [2.45, 2.75) is 13.8 Å². The number of nitrogens with zero attached hydrogens (tertiary/aromatic N) is 1. The molecule has 2 rings (SSSR count). The smallest absolute Gasteiger partial charge is 0.274 e. The standard InChI is InChI=1S/C16H18N2O3/c1-10-7-11(2)17-13(8-10)16(19)18-12-5-6-14(20-3)15(9-12)21-4/h5-9H,1-4H3,(H,18,19). The minimum absolute atomic E-state index is 0.256. The lowest BCUT2D eigenvalue weighted by atomic mass is 10.2. The molecule has 0 spiro atoms. The molecule has 2 aromatic rings. The predicted octanol–water partition coefficient (Wildman–Crippen LogP) is 2.97. The summed E-state index contributed by atoms with van der Waals surface area (Å²) in [5.74, 6) is 0.915. The molecule has 1 heterocycles. The van der Waals surface area contributed by atoms with E-state index in [-0.39, 0.29) is 5.91 Å². The van der Waals surface area contributed by atoms with Crippen molar-refractivity contribution in [2.24, 2.45) is 0 Å². The first-order valence-corrected chi connectivity index (χ1v) is 6.52. The van der Waals surface area contributed by atoms with Gasteiger partial charge < -0.3 is 14.8 Å². The second-order valence-electron chi connectivity index (χ2n) is 4.70. The minimum atomic E-state index is -0.256. The quantitative estimate of drug-likeness (QED) is 0.938. The Morgan fingerprint density at radius 2 is 1.76 bits per heavy atom. The molecule has 0 fully saturated rings. The van der Waals surface area contributed by atoms with E-state index in [1.165, 1.54) is 0 Å². The lowest BCUT2D eigenvalue weighted by Crippen LogP contribution is -2.14. The van der Waals surface area contributed by atoms with Crippen molar-refractivity contribution in [3.63, 3.8) is 0 Å². The molecule has 5 nitrogen and oxygen atoms in total. The summed E-state index contributed by atoms with van der Waals surface area (Å²) in [6, 6.07) is 8.88. The number of hydrogen-bond acceptors (Lipinski definition) is 4. The highest BCUT2D eigenvalue weighted by Crippen LogP contribution is 2.29. The number of carbonyl (C=O) groups is 1. The fourth-order valence-corrected chi connectivity index (χ4v) is 2.07. The third-order valence-corrected chi connectivity index (χ3v) is 2.97. The van der Waals surface area contributed by atoms with E-state index in [0.29, 0.717) is 22.9 Å². The summed E-state index contributed by atoms with van der Waals surface area (Å²) < 4.78 is 10.4. The second-order valence-corrected chi connectivity index (χ2v) is 4.70. The van der Waals surface area contributed by atoms with Crippen LogP contribution in [-0.2, 0) is 0 Å². The molecule has 0 saturated heterocycles. The number of carbonyl (C=O) groups excluding carboxylic acids is 1. The summed E-state index contributed by atoms with van der Waals surface area (Å²) in [5, 5.41) is 2.80. The zero-order chi connectivity index (χ0) is 15.4. The van der Waals surface area contributed by atoms with Crippen molar-refractivity contribution in [2.75, 3.05) is 19.5 Å². The average Bonchev–Trinajstić information content (AvgIpc) is 2.46. The molecule has 21 heavy (non-hydrogen) atoms. The molecule has 1 N–H and O–H groups in total. The fraction of sp³-hybridized carbons (Fsp3) is 0.250. The van der Waals surface area contributed by atoms with Crippen LogP contribution >= 0.6 is 0 Å². The van der Waals surface area contributed by atoms with Gasteiger partial charge in [-0.25, -0.2) is 4.98 Å². The Balaban J connectivity index is 2.23. The molecule has 1 aromatic heterocycles. The highest BCUT2D eigenvalue weighted by Gasteiger charge is 2.11. The third-order valence-electron chi connectivity index (χ3n) is 2.97. The number of aryl methyl sites for hydroxylation is 2. The van der Waals surface area contributed by atoms with E-state index in [9.17, 15) is 4.79 Å². The number of ether oxygens (including phenoxy) is 2. The molecular formula is C16H18N2O3. The number of pyridine rings is 1. The molecule has 110 valence electrons. The maximum absolute atomic E-state index is 12.2. The summed E-state index contributed by atoms with van der Waals surface area (Å²) in [6.45, 7) is 3.79. The number of methoxy groups -OCH3 is 2. The summed E-state index contributed by atoms with van der Waals surface area (Å²) in [5.41, 5.74) is 2.83. The van der Waals surface area contributed by atoms with E-state index in [1.54, 1.807) is 38.5 Å². The van der Waals surface area contributed by atoms with Crippen LogP contribution < -0.4 is 14.8 Å². The van der Waals surface area contributed by atoms with E-state index in [4.69, 9.17) is 9.47 Å². The largest absolute Gasteiger partial charge is 0.493 e. The van der Waals surface area contributed by atoms with Gasteiger partial charge in [0.25, 0.3) is 5.91 Å². The number of hydrogen-bond donors (Lipinski definition) is 1. The van der Waals surface area contributed by atoms with Gasteiger partial charge in [-0.3, -0.25) is 4.79 Å². The van der Waals surface area contributed by atoms with E-state index in [2.05, 4.69) is 10.3 Å². The Kier molecular flexibility index (Phi) is 4.42. The number of benzene rings is 1. The topological polar surface area (TPSA) is 60.5 Å². The molecule has 0 aliphatic carbocycles. The molecule has 0 atom stereocenters. The minimum Gasteiger partial charge on any atom is -0.493 e. The zero-order valence-corrected chi connectivity index (χ0v) is 12.6. The Bertz CT molecular complexity index is 648. The van der Waals surface area contributed by atoms with Crippen molar-refractivity contribution < 1.29 is 14.3 Å². The van der Waals surface area contributed by atoms with Crippen LogP contribution in [0.15, 0.2) is 30.3 Å². The van der Waals surface area contributed by atoms with Crippen LogP contribution in [0.2, 0.25) is 0 Å². The van der Waals surface area contributed by atoms with Crippen LogP contribution in [0.3, 0.4) is 0 Å². The van der Waals surface area contributed by atoms with Crippen LogP contribution in [0, 0.1) is 13.8 Å². The van der Waals surface area contributed by atoms with Crippen molar-refractivity contribution >= 4 is 11.6 Å². The Labute approximate surface area is 123 Å². The van der Waals surface area contributed by atoms with Crippen molar-refractivity contribution in [1.29, 1.82) is 0 Å². The number of aromatic nitrogens is 1. The van der Waals surface area contributed by atoms with Gasteiger partial charge in [-0.05, 0) is 43.7 Å². The van der Waals surface area contributed by atoms with Gasteiger partial charge >= 0.3 is 0 Å². The Morgan fingerprint density at radius 3 is 2.38 bits per heavy atom. The van der Waals surface area contributed by atoms with E-state index in [1.807, 2.05) is 19.9 Å². The summed E-state index contributed by atoms with van der Waals surface area (Å²) in [4.78, 5) is 16.5. The number of anilines is 1. The van der Waals surface area contributed by atoms with Crippen LogP contribution in [0.1, 0.15) is 21.7 Å². The molecule has 0 bridgehead atoms. The van der Waals surface area contributed by atoms with Crippen LogP contribution in [0.5, 0.6) is 11.5 Å². The van der Waals surface area contributed by atoms with E-state index < -0.39 is 0 Å². The van der Waals surface area contributed by atoms with Gasteiger partial charge in [-0.2, -0.15) is 0 Å². The lowest BCUT2D eigenvalue weighted by molar-refractivity contribution is 0.102. The molecule has 0 unspecified atom stereocenters. The van der Waals surface area contributed by atoms with Gasteiger partial charge in [-0.15, -0.1) is 0 Å². The van der Waals surface area contributed by atoms with Crippen molar-refractivity contribution in [1.82, 2.24) is 4.98 Å². The van der Waals surface area contributed by atoms with Gasteiger partial charge in [0.1, 0.15) is 5.69 Å². The Morgan fingerprint density at radius 1 is 1.05 bits per heavy atom. The molecule has 5 heteroatoms. The molecule has 1 amide bonds. The predicted molar refractivity (Wildman–Crippen MR) is 81.2 cm³/mol. The molecule has 1 aromatic carbocycles. The van der Waals surface area contributed by atoms with Crippen LogP contribution in [-0.4, -0.2) is 25.1 Å². The molecule has 0 radical (unpaired) electrons.